The van der Waals surface area contributed by atoms with Crippen LogP contribution in [0.25, 0.3) is 0 Å². The van der Waals surface area contributed by atoms with E-state index in [-0.39, 0.29) is 0 Å². The van der Waals surface area contributed by atoms with Crippen molar-refractivity contribution in [1.29, 1.82) is 0 Å². The zero-order chi connectivity index (χ0) is 12.3. The van der Waals surface area contributed by atoms with Gasteiger partial charge in [0.05, 0.1) is 6.04 Å². The monoisotopic (exact) mass is 253 g/mol. The van der Waals surface area contributed by atoms with Crippen molar-refractivity contribution < 1.29 is 0 Å². The number of aromatic nitrogens is 1. The molecule has 1 aliphatic rings. The van der Waals surface area contributed by atoms with E-state index in [1.54, 1.807) is 11.3 Å². The molecule has 2 rings (SSSR count). The van der Waals surface area contributed by atoms with Crippen LogP contribution in [0.5, 0.6) is 0 Å². The van der Waals surface area contributed by atoms with Crippen LogP contribution in [0, 0.1) is 12.8 Å². The van der Waals surface area contributed by atoms with Gasteiger partial charge in [-0.3, -0.25) is 0 Å². The van der Waals surface area contributed by atoms with Crippen molar-refractivity contribution in [2.75, 3.05) is 6.54 Å². The summed E-state index contributed by atoms with van der Waals surface area (Å²) in [6.07, 6.45) is 7.06. The molecule has 0 spiro atoms. The van der Waals surface area contributed by atoms with Crippen molar-refractivity contribution in [3.63, 3.8) is 0 Å². The van der Waals surface area contributed by atoms with Crippen molar-refractivity contribution in [2.45, 2.75) is 51.6 Å². The molecule has 3 atom stereocenters. The molecule has 0 bridgehead atoms. The van der Waals surface area contributed by atoms with E-state index in [4.69, 9.17) is 5.73 Å². The SMILES string of the molecule is Cc1cnc(C(C)NCC2CCCCC2N)s1. The van der Waals surface area contributed by atoms with Gasteiger partial charge < -0.3 is 11.1 Å². The van der Waals surface area contributed by atoms with Crippen LogP contribution in [-0.4, -0.2) is 17.6 Å². The van der Waals surface area contributed by atoms with Crippen LogP contribution in [0.3, 0.4) is 0 Å². The Kier molecular flexibility index (Phi) is 4.54. The second-order valence-corrected chi connectivity index (χ2v) is 6.41. The van der Waals surface area contributed by atoms with E-state index >= 15 is 0 Å². The third-order valence-corrected chi connectivity index (χ3v) is 4.76. The predicted molar refractivity (Wildman–Crippen MR) is 73.2 cm³/mol. The minimum Gasteiger partial charge on any atom is -0.327 e. The number of nitrogens with one attached hydrogen (secondary N) is 1. The molecule has 1 aromatic heterocycles. The minimum absolute atomic E-state index is 0.350. The smallest absolute Gasteiger partial charge is 0.109 e. The van der Waals surface area contributed by atoms with E-state index in [9.17, 15) is 0 Å². The van der Waals surface area contributed by atoms with Gasteiger partial charge in [0.1, 0.15) is 5.01 Å². The molecule has 4 heteroatoms. The van der Waals surface area contributed by atoms with Gasteiger partial charge in [0.2, 0.25) is 0 Å². The molecule has 1 saturated carbocycles. The van der Waals surface area contributed by atoms with Crippen LogP contribution >= 0.6 is 11.3 Å². The van der Waals surface area contributed by atoms with E-state index in [1.165, 1.54) is 35.6 Å². The quantitative estimate of drug-likeness (QED) is 0.867. The Morgan fingerprint density at radius 3 is 2.94 bits per heavy atom. The first-order valence-electron chi connectivity index (χ1n) is 6.58. The predicted octanol–water partition coefficient (Wildman–Crippen LogP) is 2.62. The minimum atomic E-state index is 0.350. The van der Waals surface area contributed by atoms with Crippen molar-refractivity contribution in [1.82, 2.24) is 10.3 Å². The third-order valence-electron chi connectivity index (χ3n) is 3.66. The Labute approximate surface area is 108 Å². The Bertz CT molecular complexity index is 350. The largest absolute Gasteiger partial charge is 0.327 e. The van der Waals surface area contributed by atoms with Crippen LogP contribution in [0.1, 0.15) is 48.5 Å². The molecule has 17 heavy (non-hydrogen) atoms. The summed E-state index contributed by atoms with van der Waals surface area (Å²) >= 11 is 1.78. The van der Waals surface area contributed by atoms with Gasteiger partial charge in [0.15, 0.2) is 0 Å². The maximum atomic E-state index is 6.15. The van der Waals surface area contributed by atoms with Gasteiger partial charge in [0, 0.05) is 23.7 Å². The third kappa shape index (κ3) is 3.50. The Morgan fingerprint density at radius 2 is 2.29 bits per heavy atom. The summed E-state index contributed by atoms with van der Waals surface area (Å²) in [6, 6.07) is 0.740. The summed E-state index contributed by atoms with van der Waals surface area (Å²) in [6.45, 7) is 5.32. The van der Waals surface area contributed by atoms with Gasteiger partial charge in [-0.15, -0.1) is 11.3 Å². The molecule has 3 nitrogen and oxygen atoms in total. The summed E-state index contributed by atoms with van der Waals surface area (Å²) in [4.78, 5) is 5.70. The molecule has 3 unspecified atom stereocenters. The summed E-state index contributed by atoms with van der Waals surface area (Å²) in [5, 5.41) is 4.77. The molecular weight excluding hydrogens is 230 g/mol. The zero-order valence-corrected chi connectivity index (χ0v) is 11.6. The fourth-order valence-corrected chi connectivity index (χ4v) is 3.28. The molecule has 1 fully saturated rings. The molecule has 1 aromatic rings. The molecule has 0 amide bonds. The molecule has 96 valence electrons. The summed E-state index contributed by atoms with van der Waals surface area (Å²) in [7, 11) is 0. The lowest BCUT2D eigenvalue weighted by atomic mass is 9.85. The topological polar surface area (TPSA) is 50.9 Å². The lowest BCUT2D eigenvalue weighted by molar-refractivity contribution is 0.289. The maximum absolute atomic E-state index is 6.15. The molecule has 1 aliphatic carbocycles. The van der Waals surface area contributed by atoms with Gasteiger partial charge in [-0.25, -0.2) is 4.98 Å². The fourth-order valence-electron chi connectivity index (χ4n) is 2.48. The standard InChI is InChI=1S/C13H23N3S/c1-9-7-16-13(17-9)10(2)15-8-11-5-3-4-6-12(11)14/h7,10-12,15H,3-6,8,14H2,1-2H3. The number of aryl methyl sites for hydroxylation is 1. The highest BCUT2D eigenvalue weighted by Gasteiger charge is 2.22. The van der Waals surface area contributed by atoms with Gasteiger partial charge in [-0.2, -0.15) is 0 Å². The molecule has 0 radical (unpaired) electrons. The van der Waals surface area contributed by atoms with Crippen LogP contribution in [0.4, 0.5) is 0 Å². The zero-order valence-electron chi connectivity index (χ0n) is 10.8. The number of hydrogen-bond acceptors (Lipinski definition) is 4. The first-order chi connectivity index (χ1) is 8.16. The molecule has 0 aromatic carbocycles. The molecule has 0 saturated heterocycles. The number of nitrogens with zero attached hydrogens (tertiary/aromatic N) is 1. The molecule has 0 aliphatic heterocycles. The highest BCUT2D eigenvalue weighted by molar-refractivity contribution is 7.11. The van der Waals surface area contributed by atoms with Crippen LogP contribution in [-0.2, 0) is 0 Å². The lowest BCUT2D eigenvalue weighted by Gasteiger charge is -2.29. The Morgan fingerprint density at radius 1 is 1.53 bits per heavy atom. The second kappa shape index (κ2) is 5.94. The molecule has 1 heterocycles. The van der Waals surface area contributed by atoms with Crippen LogP contribution in [0.15, 0.2) is 6.20 Å². The highest BCUT2D eigenvalue weighted by atomic mass is 32.1. The van der Waals surface area contributed by atoms with E-state index in [0.29, 0.717) is 18.0 Å². The average molecular weight is 253 g/mol. The van der Waals surface area contributed by atoms with E-state index in [0.717, 1.165) is 6.54 Å². The van der Waals surface area contributed by atoms with Crippen molar-refractivity contribution in [3.05, 3.63) is 16.1 Å². The van der Waals surface area contributed by atoms with Crippen LogP contribution in [0.2, 0.25) is 0 Å². The van der Waals surface area contributed by atoms with E-state index in [2.05, 4.69) is 24.1 Å². The summed E-state index contributed by atoms with van der Waals surface area (Å²) < 4.78 is 0. The second-order valence-electron chi connectivity index (χ2n) is 5.15. The Balaban J connectivity index is 1.81. The number of nitrogens with two attached hydrogens (primary N) is 1. The van der Waals surface area contributed by atoms with E-state index in [1.807, 2.05) is 6.20 Å². The average Bonchev–Trinajstić information content (AvgIpc) is 2.74. The summed E-state index contributed by atoms with van der Waals surface area (Å²) in [5.41, 5.74) is 6.15. The van der Waals surface area contributed by atoms with Gasteiger partial charge in [-0.1, -0.05) is 12.8 Å². The van der Waals surface area contributed by atoms with E-state index < -0.39 is 0 Å². The van der Waals surface area contributed by atoms with Crippen LogP contribution < -0.4 is 11.1 Å². The lowest BCUT2D eigenvalue weighted by Crippen LogP contribution is -2.39. The maximum Gasteiger partial charge on any atom is 0.109 e. The first kappa shape index (κ1) is 13.0. The molecular formula is C13H23N3S. The van der Waals surface area contributed by atoms with Gasteiger partial charge >= 0.3 is 0 Å². The number of thiazole rings is 1. The van der Waals surface area contributed by atoms with Crippen molar-refractivity contribution in [3.8, 4) is 0 Å². The summed E-state index contributed by atoms with van der Waals surface area (Å²) in [5.74, 6) is 0.646. The highest BCUT2D eigenvalue weighted by Crippen LogP contribution is 2.24. The van der Waals surface area contributed by atoms with Gasteiger partial charge in [-0.05, 0) is 32.6 Å². The fraction of sp³-hybridized carbons (Fsp3) is 0.769. The first-order valence-corrected chi connectivity index (χ1v) is 7.39. The molecule has 3 N–H and O–H groups in total. The number of hydrogen-bond donors (Lipinski definition) is 2. The normalized spacial score (nSPS) is 27.0. The van der Waals surface area contributed by atoms with Crippen molar-refractivity contribution in [2.24, 2.45) is 11.7 Å². The number of rotatable bonds is 4. The van der Waals surface area contributed by atoms with Crippen molar-refractivity contribution >= 4 is 11.3 Å². The Hall–Kier alpha value is -0.450. The van der Waals surface area contributed by atoms with Gasteiger partial charge in [0.25, 0.3) is 0 Å².